The molecule has 0 aliphatic carbocycles. The van der Waals surface area contributed by atoms with Gasteiger partial charge in [-0.05, 0) is 55.7 Å². The summed E-state index contributed by atoms with van der Waals surface area (Å²) in [5.41, 5.74) is 16.9. The van der Waals surface area contributed by atoms with Crippen molar-refractivity contribution in [2.75, 3.05) is 24.6 Å². The molecule has 1 heterocycles. The number of nitrogens with zero attached hydrogens (tertiary/aromatic N) is 1. The maximum atomic E-state index is 13.8. The van der Waals surface area contributed by atoms with Gasteiger partial charge >= 0.3 is 0 Å². The molecular weight excluding hydrogens is 903 g/mol. The predicted molar refractivity (Wildman–Crippen MR) is 246 cm³/mol. The fourth-order valence-electron chi connectivity index (χ4n) is 6.78. The molecule has 368 valence electrons. The molecule has 9 atom stereocenters. The highest BCUT2D eigenvalue weighted by Gasteiger charge is 2.40. The number of amides is 10. The standard InChI is InChI=1S/C41H65N11O12S2/c1-19(2)13-25(35(58)45-16-31(44)56)47-38(61)29-7-6-12-52(29)41(64)28(18-66)49-36(59)27(15-30(43)55)48-40(63)33(21(5)53)51-39(62)32(20(3)4)50-37(60)26(46-34(57)24(42)17-65)14-22-8-10-23(54)11-9-22/h8-11,19-21,24-29,32-33,53-54,65-66H,6-7,12-18,42H2,1-5H3,(H2,43,55)(H2,44,56)(H,45,58)(H,46,57)(H,47,61)(H,48,63)(H,49,59)(H,50,60)(H,51,62)/t21-,24+,25+,26+,27+,28+,29+,32+,33+/m1/s1. The fourth-order valence-corrected chi connectivity index (χ4v) is 7.19. The molecule has 1 aromatic carbocycles. The minimum Gasteiger partial charge on any atom is -0.508 e. The Labute approximate surface area is 393 Å². The quantitative estimate of drug-likeness (QED) is 0.0391. The van der Waals surface area contributed by atoms with Crippen LogP contribution < -0.4 is 54.4 Å². The smallest absolute Gasteiger partial charge is 0.246 e. The Kier molecular flexibility index (Phi) is 23.2. The van der Waals surface area contributed by atoms with Gasteiger partial charge in [0.2, 0.25) is 59.1 Å². The van der Waals surface area contributed by atoms with E-state index in [2.05, 4.69) is 62.5 Å². The van der Waals surface area contributed by atoms with Crippen molar-refractivity contribution in [3.63, 3.8) is 0 Å². The molecular formula is C41H65N11O12S2. The molecule has 66 heavy (non-hydrogen) atoms. The molecule has 2 rings (SSSR count). The molecule has 1 aromatic rings. The Hall–Kier alpha value is -5.66. The third kappa shape index (κ3) is 18.0. The average Bonchev–Trinajstić information content (AvgIpc) is 3.74. The Balaban J connectivity index is 2.26. The number of primary amides is 2. The van der Waals surface area contributed by atoms with Gasteiger partial charge in [0.25, 0.3) is 0 Å². The zero-order valence-corrected chi connectivity index (χ0v) is 39.4. The Morgan fingerprint density at radius 1 is 0.697 bits per heavy atom. The minimum absolute atomic E-state index is 0.0380. The Bertz CT molecular complexity index is 1910. The van der Waals surface area contributed by atoms with Crippen LogP contribution in [0.5, 0.6) is 5.75 Å². The van der Waals surface area contributed by atoms with Crippen molar-refractivity contribution >= 4 is 84.3 Å². The summed E-state index contributed by atoms with van der Waals surface area (Å²) in [4.78, 5) is 132. The number of phenolic OH excluding ortho intramolecular Hbond substituents is 1. The largest absolute Gasteiger partial charge is 0.508 e. The van der Waals surface area contributed by atoms with Crippen molar-refractivity contribution < 1.29 is 58.2 Å². The van der Waals surface area contributed by atoms with Crippen molar-refractivity contribution in [3.05, 3.63) is 29.8 Å². The molecule has 1 fully saturated rings. The third-order valence-corrected chi connectivity index (χ3v) is 11.1. The number of hydrogen-bond acceptors (Lipinski definition) is 15. The lowest BCUT2D eigenvalue weighted by Gasteiger charge is -2.31. The summed E-state index contributed by atoms with van der Waals surface area (Å²) in [7, 11) is 0. The molecule has 10 amide bonds. The fraction of sp³-hybridized carbons (Fsp3) is 0.610. The molecule has 15 N–H and O–H groups in total. The number of hydrogen-bond donors (Lipinski definition) is 14. The number of aliphatic hydroxyl groups is 1. The van der Waals surface area contributed by atoms with Crippen LogP contribution in [0.25, 0.3) is 0 Å². The second-order valence-electron chi connectivity index (χ2n) is 16.7. The summed E-state index contributed by atoms with van der Waals surface area (Å²) in [5, 5.41) is 37.5. The minimum atomic E-state index is -1.79. The van der Waals surface area contributed by atoms with Crippen LogP contribution in [-0.4, -0.2) is 153 Å². The monoisotopic (exact) mass is 967 g/mol. The van der Waals surface area contributed by atoms with Crippen molar-refractivity contribution in [2.45, 2.75) is 121 Å². The predicted octanol–water partition coefficient (Wildman–Crippen LogP) is -4.42. The van der Waals surface area contributed by atoms with Crippen molar-refractivity contribution in [3.8, 4) is 5.75 Å². The maximum Gasteiger partial charge on any atom is 0.246 e. The van der Waals surface area contributed by atoms with Crippen molar-refractivity contribution in [1.29, 1.82) is 0 Å². The van der Waals surface area contributed by atoms with Gasteiger partial charge in [-0.15, -0.1) is 0 Å². The van der Waals surface area contributed by atoms with Crippen LogP contribution in [-0.2, 0) is 54.4 Å². The highest BCUT2D eigenvalue weighted by atomic mass is 32.1. The molecule has 1 aliphatic rings. The van der Waals surface area contributed by atoms with Crippen LogP contribution >= 0.6 is 25.3 Å². The normalized spacial score (nSPS) is 17.1. The van der Waals surface area contributed by atoms with Gasteiger partial charge in [0.05, 0.1) is 25.1 Å². The summed E-state index contributed by atoms with van der Waals surface area (Å²) in [6, 6.07) is -4.99. The van der Waals surface area contributed by atoms with E-state index in [4.69, 9.17) is 17.2 Å². The van der Waals surface area contributed by atoms with E-state index in [9.17, 15) is 58.2 Å². The topological polar surface area (TPSA) is 377 Å². The number of phenols is 1. The molecule has 1 saturated heterocycles. The zero-order chi connectivity index (χ0) is 50.0. The number of benzene rings is 1. The highest BCUT2D eigenvalue weighted by molar-refractivity contribution is 7.80. The first-order valence-electron chi connectivity index (χ1n) is 21.3. The van der Waals surface area contributed by atoms with E-state index in [-0.39, 0.29) is 49.0 Å². The first-order valence-corrected chi connectivity index (χ1v) is 22.6. The van der Waals surface area contributed by atoms with E-state index in [0.29, 0.717) is 12.0 Å². The number of likely N-dealkylation sites (tertiary alicyclic amines) is 1. The highest BCUT2D eigenvalue weighted by Crippen LogP contribution is 2.20. The van der Waals surface area contributed by atoms with Crippen LogP contribution in [0.15, 0.2) is 24.3 Å². The maximum absolute atomic E-state index is 13.8. The van der Waals surface area contributed by atoms with E-state index in [0.717, 1.165) is 6.92 Å². The first-order chi connectivity index (χ1) is 30.9. The number of nitrogens with two attached hydrogens (primary N) is 3. The van der Waals surface area contributed by atoms with Crippen LogP contribution in [0.4, 0.5) is 0 Å². The van der Waals surface area contributed by atoms with Gasteiger partial charge in [0, 0.05) is 24.5 Å². The summed E-state index contributed by atoms with van der Waals surface area (Å²) < 4.78 is 0. The molecule has 23 nitrogen and oxygen atoms in total. The number of aliphatic hydroxyl groups excluding tert-OH is 1. The molecule has 0 unspecified atom stereocenters. The number of carbonyl (C=O) groups is 10. The Morgan fingerprint density at radius 3 is 1.79 bits per heavy atom. The molecule has 0 aromatic heterocycles. The van der Waals surface area contributed by atoms with Crippen molar-refractivity contribution in [1.82, 2.24) is 42.1 Å². The first kappa shape index (κ1) is 56.5. The number of aromatic hydroxyl groups is 1. The van der Waals surface area contributed by atoms with E-state index >= 15 is 0 Å². The SMILES string of the molecule is CC(C)C[C@H](NC(=O)[C@@H]1CCCN1C(=O)[C@H](CS)NC(=O)[C@H](CC(N)=O)NC(=O)[C@@H](NC(=O)[C@@H](NC(=O)[C@H](Cc1ccc(O)cc1)NC(=O)[C@@H](N)CS)C(C)C)[C@@H](C)O)C(=O)NCC(N)=O. The van der Waals surface area contributed by atoms with Gasteiger partial charge in [-0.3, -0.25) is 47.9 Å². The number of carbonyl (C=O) groups excluding carboxylic acids is 10. The van der Waals surface area contributed by atoms with Gasteiger partial charge < -0.3 is 69.5 Å². The molecule has 0 saturated carbocycles. The molecule has 0 bridgehead atoms. The average molecular weight is 968 g/mol. The van der Waals surface area contributed by atoms with Crippen LogP contribution in [0.3, 0.4) is 0 Å². The second-order valence-corrected chi connectivity index (χ2v) is 17.4. The molecule has 1 aliphatic heterocycles. The number of rotatable bonds is 26. The Morgan fingerprint density at radius 2 is 1.26 bits per heavy atom. The van der Waals surface area contributed by atoms with Crippen molar-refractivity contribution in [2.24, 2.45) is 29.0 Å². The lowest BCUT2D eigenvalue weighted by Crippen LogP contribution is -2.63. The van der Waals surface area contributed by atoms with E-state index < -0.39 is 132 Å². The van der Waals surface area contributed by atoms with E-state index in [1.165, 1.54) is 29.2 Å². The summed E-state index contributed by atoms with van der Waals surface area (Å²) >= 11 is 8.25. The molecule has 0 radical (unpaired) electrons. The van der Waals surface area contributed by atoms with E-state index in [1.54, 1.807) is 13.8 Å². The van der Waals surface area contributed by atoms with Crippen LogP contribution in [0, 0.1) is 11.8 Å². The summed E-state index contributed by atoms with van der Waals surface area (Å²) in [5.74, 6) is -9.71. The lowest BCUT2D eigenvalue weighted by atomic mass is 10.00. The van der Waals surface area contributed by atoms with E-state index in [1.807, 2.05) is 13.8 Å². The number of thiol groups is 2. The van der Waals surface area contributed by atoms with Crippen LogP contribution in [0.1, 0.15) is 65.9 Å². The third-order valence-electron chi connectivity index (χ3n) is 10.3. The zero-order valence-electron chi connectivity index (χ0n) is 37.6. The van der Waals surface area contributed by atoms with Gasteiger partial charge in [0.1, 0.15) is 48.0 Å². The van der Waals surface area contributed by atoms with Crippen LogP contribution in [0.2, 0.25) is 0 Å². The van der Waals surface area contributed by atoms with Gasteiger partial charge in [-0.1, -0.05) is 39.8 Å². The summed E-state index contributed by atoms with van der Waals surface area (Å²) in [6.45, 7) is 7.58. The lowest BCUT2D eigenvalue weighted by molar-refractivity contribution is -0.142. The molecule has 0 spiro atoms. The van der Waals surface area contributed by atoms with Gasteiger partial charge in [0.15, 0.2) is 0 Å². The van der Waals surface area contributed by atoms with Gasteiger partial charge in [-0.2, -0.15) is 25.3 Å². The molecule has 25 heteroatoms. The number of nitrogens with one attached hydrogen (secondary N) is 7. The summed E-state index contributed by atoms with van der Waals surface area (Å²) in [6.07, 6.45) is -1.72. The second kappa shape index (κ2) is 27.1. The van der Waals surface area contributed by atoms with Gasteiger partial charge in [-0.25, -0.2) is 0 Å².